The molecule has 0 fully saturated rings. The molecule has 0 radical (unpaired) electrons. The molecule has 0 saturated carbocycles. The van der Waals surface area contributed by atoms with Crippen LogP contribution in [0.4, 0.5) is 5.69 Å². The first kappa shape index (κ1) is 17.2. The van der Waals surface area contributed by atoms with E-state index < -0.39 is 6.04 Å². The van der Waals surface area contributed by atoms with Crippen LogP contribution in [0.15, 0.2) is 36.5 Å². The number of carbonyl (C=O) groups is 1. The largest absolute Gasteiger partial charge is 0.424 e. The van der Waals surface area contributed by atoms with E-state index in [1.807, 2.05) is 13.2 Å². The third-order valence-corrected chi connectivity index (χ3v) is 3.72. The molecule has 2 aromatic rings. The number of rotatable bonds is 7. The van der Waals surface area contributed by atoms with E-state index in [1.165, 1.54) is 0 Å². The van der Waals surface area contributed by atoms with Crippen molar-refractivity contribution in [2.75, 3.05) is 17.3 Å². The van der Waals surface area contributed by atoms with Gasteiger partial charge < -0.3 is 15.8 Å². The second-order valence-electron chi connectivity index (χ2n) is 4.98. The van der Waals surface area contributed by atoms with Crippen LogP contribution in [0.5, 0.6) is 11.8 Å². The van der Waals surface area contributed by atoms with Crippen LogP contribution in [-0.4, -0.2) is 33.9 Å². The number of aryl methyl sites for hydroxylation is 1. The zero-order valence-electron chi connectivity index (χ0n) is 13.2. The Kier molecular flexibility index (Phi) is 6.37. The SMILES string of the molecule is CSCC[C@H](N)C(=O)Nc1ccc(Oc2nccc(C)n2)cc1. The van der Waals surface area contributed by atoms with E-state index in [0.717, 1.165) is 11.4 Å². The van der Waals surface area contributed by atoms with Gasteiger partial charge in [0.1, 0.15) is 5.75 Å². The fraction of sp³-hybridized carbons (Fsp3) is 0.312. The Bertz CT molecular complexity index is 649. The van der Waals surface area contributed by atoms with Gasteiger partial charge in [-0.25, -0.2) is 9.97 Å². The predicted molar refractivity (Wildman–Crippen MR) is 92.9 cm³/mol. The summed E-state index contributed by atoms with van der Waals surface area (Å²) >= 11 is 1.67. The predicted octanol–water partition coefficient (Wildman–Crippen LogP) is 2.60. The molecular formula is C16H20N4O2S. The first-order valence-electron chi connectivity index (χ1n) is 7.21. The molecule has 1 aromatic carbocycles. The van der Waals surface area contributed by atoms with Gasteiger partial charge in [-0.15, -0.1) is 0 Å². The first-order chi connectivity index (χ1) is 11.1. The Labute approximate surface area is 139 Å². The molecule has 0 unspecified atom stereocenters. The number of nitrogens with two attached hydrogens (primary N) is 1. The monoisotopic (exact) mass is 332 g/mol. The van der Waals surface area contributed by atoms with Crippen LogP contribution in [0, 0.1) is 6.92 Å². The van der Waals surface area contributed by atoms with Gasteiger partial charge in [-0.2, -0.15) is 11.8 Å². The Balaban J connectivity index is 1.93. The zero-order valence-corrected chi connectivity index (χ0v) is 14.0. The number of hydrogen-bond donors (Lipinski definition) is 2. The molecule has 1 atom stereocenters. The van der Waals surface area contributed by atoms with Crippen molar-refractivity contribution in [2.24, 2.45) is 5.73 Å². The highest BCUT2D eigenvalue weighted by atomic mass is 32.2. The second kappa shape index (κ2) is 8.50. The molecule has 2 rings (SSSR count). The fourth-order valence-corrected chi connectivity index (χ4v) is 2.29. The number of thioether (sulfide) groups is 1. The maximum absolute atomic E-state index is 11.9. The number of carbonyl (C=O) groups excluding carboxylic acids is 1. The lowest BCUT2D eigenvalue weighted by molar-refractivity contribution is -0.117. The van der Waals surface area contributed by atoms with Gasteiger partial charge in [0.25, 0.3) is 0 Å². The maximum Gasteiger partial charge on any atom is 0.322 e. The molecule has 1 aromatic heterocycles. The fourth-order valence-electron chi connectivity index (χ4n) is 1.80. The average molecular weight is 332 g/mol. The average Bonchev–Trinajstić information content (AvgIpc) is 2.54. The summed E-state index contributed by atoms with van der Waals surface area (Å²) in [5.74, 6) is 1.27. The van der Waals surface area contributed by atoms with E-state index in [-0.39, 0.29) is 5.91 Å². The Morgan fingerprint density at radius 2 is 2.09 bits per heavy atom. The minimum Gasteiger partial charge on any atom is -0.424 e. The highest BCUT2D eigenvalue weighted by Crippen LogP contribution is 2.20. The van der Waals surface area contributed by atoms with Gasteiger partial charge in [-0.3, -0.25) is 4.79 Å². The normalized spacial score (nSPS) is 11.8. The molecule has 0 spiro atoms. The van der Waals surface area contributed by atoms with Crippen LogP contribution in [0.25, 0.3) is 0 Å². The van der Waals surface area contributed by atoms with Gasteiger partial charge in [0.2, 0.25) is 5.91 Å². The van der Waals surface area contributed by atoms with Crippen molar-refractivity contribution >= 4 is 23.4 Å². The number of hydrogen-bond acceptors (Lipinski definition) is 6. The lowest BCUT2D eigenvalue weighted by Gasteiger charge is -2.12. The summed E-state index contributed by atoms with van der Waals surface area (Å²) in [7, 11) is 0. The topological polar surface area (TPSA) is 90.1 Å². The molecule has 0 bridgehead atoms. The van der Waals surface area contributed by atoms with Crippen LogP contribution < -0.4 is 15.8 Å². The minimum absolute atomic E-state index is 0.185. The number of nitrogens with zero attached hydrogens (tertiary/aromatic N) is 2. The Morgan fingerprint density at radius 3 is 2.74 bits per heavy atom. The molecule has 1 amide bonds. The number of nitrogens with one attached hydrogen (secondary N) is 1. The third kappa shape index (κ3) is 5.54. The molecule has 0 aliphatic carbocycles. The van der Waals surface area contributed by atoms with Crippen LogP contribution >= 0.6 is 11.8 Å². The highest BCUT2D eigenvalue weighted by Gasteiger charge is 2.13. The van der Waals surface area contributed by atoms with Gasteiger partial charge in [0, 0.05) is 17.6 Å². The van der Waals surface area contributed by atoms with Crippen LogP contribution in [0.3, 0.4) is 0 Å². The number of amides is 1. The van der Waals surface area contributed by atoms with Crippen molar-refractivity contribution in [2.45, 2.75) is 19.4 Å². The molecule has 6 nitrogen and oxygen atoms in total. The molecule has 0 aliphatic rings. The second-order valence-corrected chi connectivity index (χ2v) is 5.97. The number of aromatic nitrogens is 2. The van der Waals surface area contributed by atoms with E-state index in [1.54, 1.807) is 48.3 Å². The van der Waals surface area contributed by atoms with Crippen molar-refractivity contribution in [3.05, 3.63) is 42.2 Å². The maximum atomic E-state index is 11.9. The summed E-state index contributed by atoms with van der Waals surface area (Å²) in [5.41, 5.74) is 7.34. The molecule has 7 heteroatoms. The minimum atomic E-state index is -0.501. The molecule has 1 heterocycles. The van der Waals surface area contributed by atoms with Gasteiger partial charge in [-0.1, -0.05) is 0 Å². The standard InChI is InChI=1S/C16H20N4O2S/c1-11-7-9-18-16(19-11)22-13-5-3-12(4-6-13)20-15(21)14(17)8-10-23-2/h3-7,9,14H,8,10,17H2,1-2H3,(H,20,21)/t14-/m0/s1. The number of benzene rings is 1. The number of anilines is 1. The molecule has 0 aliphatic heterocycles. The van der Waals surface area contributed by atoms with Gasteiger partial charge in [-0.05, 0) is 55.7 Å². The summed E-state index contributed by atoms with van der Waals surface area (Å²) in [6, 6.07) is 8.59. The lowest BCUT2D eigenvalue weighted by atomic mass is 10.2. The van der Waals surface area contributed by atoms with Crippen molar-refractivity contribution in [1.82, 2.24) is 9.97 Å². The van der Waals surface area contributed by atoms with E-state index >= 15 is 0 Å². The summed E-state index contributed by atoms with van der Waals surface area (Å²) in [6.45, 7) is 1.87. The molecule has 3 N–H and O–H groups in total. The van der Waals surface area contributed by atoms with E-state index in [9.17, 15) is 4.79 Å². The first-order valence-corrected chi connectivity index (χ1v) is 8.61. The zero-order chi connectivity index (χ0) is 16.7. The van der Waals surface area contributed by atoms with Crippen molar-refractivity contribution in [3.63, 3.8) is 0 Å². The molecule has 122 valence electrons. The summed E-state index contributed by atoms with van der Waals surface area (Å²) in [5, 5.41) is 2.79. The molecular weight excluding hydrogens is 312 g/mol. The third-order valence-electron chi connectivity index (χ3n) is 3.07. The quantitative estimate of drug-likeness (QED) is 0.810. The van der Waals surface area contributed by atoms with Gasteiger partial charge >= 0.3 is 6.01 Å². The van der Waals surface area contributed by atoms with Crippen molar-refractivity contribution < 1.29 is 9.53 Å². The van der Waals surface area contributed by atoms with E-state index in [4.69, 9.17) is 10.5 Å². The van der Waals surface area contributed by atoms with Crippen LogP contribution in [0.2, 0.25) is 0 Å². The highest BCUT2D eigenvalue weighted by molar-refractivity contribution is 7.98. The lowest BCUT2D eigenvalue weighted by Crippen LogP contribution is -2.36. The van der Waals surface area contributed by atoms with Crippen LogP contribution in [0.1, 0.15) is 12.1 Å². The summed E-state index contributed by atoms with van der Waals surface area (Å²) in [4.78, 5) is 20.1. The van der Waals surface area contributed by atoms with E-state index in [2.05, 4.69) is 15.3 Å². The Morgan fingerprint density at radius 1 is 1.35 bits per heavy atom. The van der Waals surface area contributed by atoms with Crippen molar-refractivity contribution in [3.8, 4) is 11.8 Å². The molecule has 0 saturated heterocycles. The number of ether oxygens (including phenoxy) is 1. The van der Waals surface area contributed by atoms with Crippen LogP contribution in [-0.2, 0) is 4.79 Å². The smallest absolute Gasteiger partial charge is 0.322 e. The van der Waals surface area contributed by atoms with E-state index in [0.29, 0.717) is 23.9 Å². The summed E-state index contributed by atoms with van der Waals surface area (Å²) < 4.78 is 5.56. The Hall–Kier alpha value is -2.12. The summed E-state index contributed by atoms with van der Waals surface area (Å²) in [6.07, 6.45) is 4.28. The van der Waals surface area contributed by atoms with Crippen molar-refractivity contribution in [1.29, 1.82) is 0 Å². The van der Waals surface area contributed by atoms with Gasteiger partial charge in [0.15, 0.2) is 0 Å². The van der Waals surface area contributed by atoms with Gasteiger partial charge in [0.05, 0.1) is 6.04 Å². The molecule has 23 heavy (non-hydrogen) atoms.